The van der Waals surface area contributed by atoms with Gasteiger partial charge in [-0.3, -0.25) is 10.1 Å². The number of halogens is 3. The molecule has 2 aromatic carbocycles. The molecule has 8 heteroatoms. The first-order chi connectivity index (χ1) is 11.9. The second kappa shape index (κ2) is 8.04. The Labute approximate surface area is 180 Å². The van der Waals surface area contributed by atoms with E-state index in [0.29, 0.717) is 6.61 Å². The molecule has 1 fully saturated rings. The number of carbonyl (C=O) groups excluding carboxylic acids is 2. The fourth-order valence-electron chi connectivity index (χ4n) is 2.19. The molecule has 1 aliphatic heterocycles. The summed E-state index contributed by atoms with van der Waals surface area (Å²) >= 11 is 7.82. The van der Waals surface area contributed by atoms with Crippen LogP contribution in [0.2, 0.25) is 0 Å². The number of urea groups is 1. The molecule has 1 heterocycles. The Morgan fingerprint density at radius 2 is 1.68 bits per heavy atom. The van der Waals surface area contributed by atoms with Crippen molar-refractivity contribution in [3.05, 3.63) is 64.8 Å². The summed E-state index contributed by atoms with van der Waals surface area (Å²) in [6.45, 7) is 0.470. The van der Waals surface area contributed by atoms with Crippen LogP contribution >= 0.6 is 61.1 Å². The van der Waals surface area contributed by atoms with Gasteiger partial charge in [0.1, 0.15) is 18.1 Å². The lowest BCUT2D eigenvalue weighted by atomic mass is 10.2. The van der Waals surface area contributed by atoms with Crippen molar-refractivity contribution in [2.24, 2.45) is 0 Å². The third-order valence-electron chi connectivity index (χ3n) is 3.35. The number of ether oxygens (including phenoxy) is 1. The summed E-state index contributed by atoms with van der Waals surface area (Å²) < 4.78 is 8.84. The Hall–Kier alpha value is -1.14. The molecule has 5 nitrogen and oxygen atoms in total. The van der Waals surface area contributed by atoms with Crippen LogP contribution in [0.4, 0.5) is 4.79 Å². The highest BCUT2D eigenvalue weighted by Crippen LogP contribution is 2.30. The Balaban J connectivity index is 1.78. The van der Waals surface area contributed by atoms with E-state index in [-0.39, 0.29) is 5.70 Å². The number of hydrogen-bond donors (Lipinski definition) is 2. The highest BCUT2D eigenvalue weighted by atomic mass is 127. The normalized spacial score (nSPS) is 15.2. The number of carbonyl (C=O) groups is 2. The van der Waals surface area contributed by atoms with E-state index in [0.717, 1.165) is 28.5 Å². The standard InChI is InChI=1S/C17H11BrI2N2O3/c18-11-3-1-9(2-4-11)8-25-15-12(19)5-10(6-13(15)20)7-14-16(23)22-17(24)21-14/h1-7H,8H2,(H2,21,22,23,24)/b14-7+. The smallest absolute Gasteiger partial charge is 0.326 e. The molecular formula is C17H11BrI2N2O3. The Morgan fingerprint density at radius 1 is 1.04 bits per heavy atom. The average Bonchev–Trinajstić information content (AvgIpc) is 2.86. The van der Waals surface area contributed by atoms with Crippen molar-refractivity contribution in [2.45, 2.75) is 6.61 Å². The van der Waals surface area contributed by atoms with E-state index in [4.69, 9.17) is 4.74 Å². The van der Waals surface area contributed by atoms with E-state index in [9.17, 15) is 9.59 Å². The van der Waals surface area contributed by atoms with Crippen molar-refractivity contribution in [3.8, 4) is 5.75 Å². The zero-order valence-corrected chi connectivity index (χ0v) is 18.5. The Kier molecular flexibility index (Phi) is 6.00. The summed E-state index contributed by atoms with van der Waals surface area (Å²) in [6.07, 6.45) is 1.64. The van der Waals surface area contributed by atoms with Crippen molar-refractivity contribution in [2.75, 3.05) is 0 Å². The molecular weight excluding hydrogens is 614 g/mol. The molecule has 1 aliphatic rings. The lowest BCUT2D eigenvalue weighted by Gasteiger charge is -2.12. The zero-order chi connectivity index (χ0) is 18.0. The summed E-state index contributed by atoms with van der Waals surface area (Å²) in [6, 6.07) is 11.3. The molecule has 3 amide bonds. The van der Waals surface area contributed by atoms with Gasteiger partial charge in [0.05, 0.1) is 7.14 Å². The van der Waals surface area contributed by atoms with Gasteiger partial charge in [0.15, 0.2) is 0 Å². The Morgan fingerprint density at radius 3 is 2.24 bits per heavy atom. The fourth-order valence-corrected chi connectivity index (χ4v) is 4.58. The second-order valence-electron chi connectivity index (χ2n) is 5.20. The lowest BCUT2D eigenvalue weighted by molar-refractivity contribution is -0.115. The van der Waals surface area contributed by atoms with Crippen LogP contribution in [0.15, 0.2) is 46.6 Å². The first kappa shape index (κ1) is 18.6. The number of imide groups is 1. The van der Waals surface area contributed by atoms with Gasteiger partial charge in [-0.2, -0.15) is 0 Å². The van der Waals surface area contributed by atoms with Crippen molar-refractivity contribution in [1.82, 2.24) is 10.6 Å². The summed E-state index contributed by atoms with van der Waals surface area (Å²) in [4.78, 5) is 22.8. The molecule has 2 aromatic rings. The van der Waals surface area contributed by atoms with Crippen molar-refractivity contribution < 1.29 is 14.3 Å². The van der Waals surface area contributed by atoms with Crippen LogP contribution in [0.5, 0.6) is 5.75 Å². The molecule has 2 N–H and O–H groups in total. The minimum atomic E-state index is -0.505. The van der Waals surface area contributed by atoms with E-state index in [1.165, 1.54) is 0 Å². The zero-order valence-electron chi connectivity index (χ0n) is 12.6. The fraction of sp³-hybridized carbons (Fsp3) is 0.0588. The van der Waals surface area contributed by atoms with Gasteiger partial charge in [-0.1, -0.05) is 28.1 Å². The molecule has 0 spiro atoms. The van der Waals surface area contributed by atoms with Crippen LogP contribution in [0, 0.1) is 7.14 Å². The summed E-state index contributed by atoms with van der Waals surface area (Å²) in [5.41, 5.74) is 2.13. The minimum Gasteiger partial charge on any atom is -0.487 e. The van der Waals surface area contributed by atoms with E-state index < -0.39 is 11.9 Å². The van der Waals surface area contributed by atoms with E-state index in [2.05, 4.69) is 71.7 Å². The number of amides is 3. The molecule has 0 unspecified atom stereocenters. The molecule has 1 saturated heterocycles. The average molecular weight is 625 g/mol. The van der Waals surface area contributed by atoms with E-state index >= 15 is 0 Å². The van der Waals surface area contributed by atoms with Crippen molar-refractivity contribution >= 4 is 79.1 Å². The van der Waals surface area contributed by atoms with Gasteiger partial charge in [-0.15, -0.1) is 0 Å². The predicted molar refractivity (Wildman–Crippen MR) is 115 cm³/mol. The van der Waals surface area contributed by atoms with E-state index in [1.54, 1.807) is 6.08 Å². The van der Waals surface area contributed by atoms with Crippen LogP contribution in [-0.2, 0) is 11.4 Å². The summed E-state index contributed by atoms with van der Waals surface area (Å²) in [5.74, 6) is 0.372. The van der Waals surface area contributed by atoms with Gasteiger partial charge in [0.25, 0.3) is 5.91 Å². The van der Waals surface area contributed by atoms with Gasteiger partial charge in [-0.05, 0) is 86.7 Å². The van der Waals surface area contributed by atoms with Crippen LogP contribution in [-0.4, -0.2) is 11.9 Å². The number of rotatable bonds is 4. The lowest BCUT2D eigenvalue weighted by Crippen LogP contribution is -2.22. The summed E-state index contributed by atoms with van der Waals surface area (Å²) in [7, 11) is 0. The largest absolute Gasteiger partial charge is 0.487 e. The molecule has 0 saturated carbocycles. The van der Waals surface area contributed by atoms with Gasteiger partial charge in [0.2, 0.25) is 0 Å². The predicted octanol–water partition coefficient (Wildman–Crippen LogP) is 4.42. The molecule has 0 radical (unpaired) electrons. The van der Waals surface area contributed by atoms with Gasteiger partial charge >= 0.3 is 6.03 Å². The second-order valence-corrected chi connectivity index (χ2v) is 8.44. The molecule has 3 rings (SSSR count). The number of nitrogens with one attached hydrogen (secondary N) is 2. The molecule has 0 atom stereocenters. The SMILES string of the molecule is O=C1NC(=O)/C(=C\c2cc(I)c(OCc3ccc(Br)cc3)c(I)c2)N1. The summed E-state index contributed by atoms with van der Waals surface area (Å²) in [5, 5.41) is 4.66. The first-order valence-electron chi connectivity index (χ1n) is 7.12. The molecule has 25 heavy (non-hydrogen) atoms. The molecule has 128 valence electrons. The monoisotopic (exact) mass is 624 g/mol. The molecule has 0 bridgehead atoms. The molecule has 0 aliphatic carbocycles. The van der Waals surface area contributed by atoms with E-state index in [1.807, 2.05) is 36.4 Å². The number of hydrogen-bond acceptors (Lipinski definition) is 3. The number of benzene rings is 2. The first-order valence-corrected chi connectivity index (χ1v) is 10.1. The van der Waals surface area contributed by atoms with Crippen LogP contribution in [0.1, 0.15) is 11.1 Å². The van der Waals surface area contributed by atoms with Crippen molar-refractivity contribution in [3.63, 3.8) is 0 Å². The third-order valence-corrected chi connectivity index (χ3v) is 5.48. The topological polar surface area (TPSA) is 67.4 Å². The molecule has 0 aromatic heterocycles. The van der Waals surface area contributed by atoms with Gasteiger partial charge < -0.3 is 10.1 Å². The van der Waals surface area contributed by atoms with Gasteiger partial charge in [0, 0.05) is 4.47 Å². The highest BCUT2D eigenvalue weighted by molar-refractivity contribution is 14.1. The quantitative estimate of drug-likeness (QED) is 0.301. The van der Waals surface area contributed by atoms with Crippen LogP contribution in [0.25, 0.3) is 6.08 Å². The maximum absolute atomic E-state index is 11.6. The maximum atomic E-state index is 11.6. The van der Waals surface area contributed by atoms with Gasteiger partial charge in [-0.25, -0.2) is 4.79 Å². The highest BCUT2D eigenvalue weighted by Gasteiger charge is 2.23. The minimum absolute atomic E-state index is 0.236. The van der Waals surface area contributed by atoms with Crippen molar-refractivity contribution in [1.29, 1.82) is 0 Å². The van der Waals surface area contributed by atoms with Crippen LogP contribution in [0.3, 0.4) is 0 Å². The maximum Gasteiger partial charge on any atom is 0.326 e. The van der Waals surface area contributed by atoms with Crippen LogP contribution < -0.4 is 15.4 Å². The Bertz CT molecular complexity index is 859. The third kappa shape index (κ3) is 4.73.